The first-order valence-corrected chi connectivity index (χ1v) is 8.55. The Labute approximate surface area is 97.5 Å². The van der Waals surface area contributed by atoms with E-state index in [1.807, 2.05) is 6.07 Å². The largest absolute Gasteiger partial charge is 0.207 e. The van der Waals surface area contributed by atoms with Gasteiger partial charge in [-0.2, -0.15) is 0 Å². The van der Waals surface area contributed by atoms with E-state index < -0.39 is 8.07 Å². The zero-order valence-corrected chi connectivity index (χ0v) is 11.4. The second kappa shape index (κ2) is 5.13. The van der Waals surface area contributed by atoms with Gasteiger partial charge >= 0.3 is 0 Å². The van der Waals surface area contributed by atoms with Gasteiger partial charge in [0, 0.05) is 5.02 Å². The molecule has 15 heavy (non-hydrogen) atoms. The molecule has 0 heterocycles. The predicted molar refractivity (Wildman–Crippen MR) is 68.2 cm³/mol. The monoisotopic (exact) mass is 244 g/mol. The lowest BCUT2D eigenvalue weighted by Gasteiger charge is -2.29. The molecule has 0 spiro atoms. The average molecular weight is 245 g/mol. The van der Waals surface area contributed by atoms with Gasteiger partial charge in [0.2, 0.25) is 0 Å². The standard InChI is InChI=1S/C12H18ClFSi/c1-4-15(5-2,6-3)12-9-10(13)7-8-11(12)14/h7-9H,4-6H2,1-3H3. The highest BCUT2D eigenvalue weighted by atomic mass is 35.5. The molecule has 0 fully saturated rings. The number of halogens is 2. The minimum Gasteiger partial charge on any atom is -0.207 e. The van der Waals surface area contributed by atoms with Crippen LogP contribution in [0.1, 0.15) is 20.8 Å². The van der Waals surface area contributed by atoms with E-state index in [-0.39, 0.29) is 5.82 Å². The van der Waals surface area contributed by atoms with Crippen molar-refractivity contribution in [3.8, 4) is 0 Å². The molecular weight excluding hydrogens is 227 g/mol. The average Bonchev–Trinajstić information content (AvgIpc) is 2.26. The summed E-state index contributed by atoms with van der Waals surface area (Å²) >= 11 is 5.95. The summed E-state index contributed by atoms with van der Waals surface area (Å²) in [5, 5.41) is 1.56. The van der Waals surface area contributed by atoms with Crippen molar-refractivity contribution in [3.63, 3.8) is 0 Å². The van der Waals surface area contributed by atoms with Crippen LogP contribution in [0, 0.1) is 5.82 Å². The molecule has 0 aliphatic rings. The van der Waals surface area contributed by atoms with Crippen molar-refractivity contribution < 1.29 is 4.39 Å². The second-order valence-electron chi connectivity index (χ2n) is 3.97. The number of benzene rings is 1. The molecule has 0 saturated heterocycles. The molecule has 1 aromatic carbocycles. The van der Waals surface area contributed by atoms with E-state index in [4.69, 9.17) is 11.6 Å². The van der Waals surface area contributed by atoms with Crippen molar-refractivity contribution in [2.24, 2.45) is 0 Å². The van der Waals surface area contributed by atoms with Gasteiger partial charge in [0.05, 0.1) is 8.07 Å². The van der Waals surface area contributed by atoms with E-state index >= 15 is 0 Å². The Bertz CT molecular complexity index is 326. The maximum absolute atomic E-state index is 13.8. The molecule has 1 aromatic rings. The van der Waals surface area contributed by atoms with Crippen LogP contribution in [-0.4, -0.2) is 8.07 Å². The minimum atomic E-state index is -1.63. The lowest BCUT2D eigenvalue weighted by Crippen LogP contribution is -2.47. The Kier molecular flexibility index (Phi) is 4.35. The number of rotatable bonds is 4. The van der Waals surface area contributed by atoms with E-state index in [2.05, 4.69) is 20.8 Å². The number of hydrogen-bond acceptors (Lipinski definition) is 0. The lowest BCUT2D eigenvalue weighted by molar-refractivity contribution is 0.634. The Hall–Kier alpha value is -0.343. The van der Waals surface area contributed by atoms with Crippen LogP contribution < -0.4 is 5.19 Å². The Morgan fingerprint density at radius 3 is 2.13 bits per heavy atom. The molecule has 0 saturated carbocycles. The van der Waals surface area contributed by atoms with Crippen molar-refractivity contribution in [2.45, 2.75) is 38.9 Å². The highest BCUT2D eigenvalue weighted by Gasteiger charge is 2.31. The summed E-state index contributed by atoms with van der Waals surface area (Å²) in [6.45, 7) is 6.50. The van der Waals surface area contributed by atoms with Gasteiger partial charge < -0.3 is 0 Å². The molecule has 3 heteroatoms. The second-order valence-corrected chi connectivity index (χ2v) is 9.62. The molecule has 0 amide bonds. The summed E-state index contributed by atoms with van der Waals surface area (Å²) in [6, 6.07) is 8.20. The van der Waals surface area contributed by atoms with Crippen molar-refractivity contribution in [1.29, 1.82) is 0 Å². The van der Waals surface area contributed by atoms with Gasteiger partial charge in [-0.3, -0.25) is 0 Å². The molecule has 0 bridgehead atoms. The van der Waals surface area contributed by atoms with Crippen molar-refractivity contribution >= 4 is 24.9 Å². The summed E-state index contributed by atoms with van der Waals surface area (Å²) in [7, 11) is -1.63. The van der Waals surface area contributed by atoms with E-state index in [0.717, 1.165) is 23.3 Å². The quantitative estimate of drug-likeness (QED) is 0.697. The third kappa shape index (κ3) is 2.43. The van der Waals surface area contributed by atoms with Crippen LogP contribution >= 0.6 is 11.6 Å². The first kappa shape index (κ1) is 12.7. The maximum atomic E-state index is 13.8. The SMILES string of the molecule is CC[Si](CC)(CC)c1cc(Cl)ccc1F. The van der Waals surface area contributed by atoms with Crippen LogP contribution in [0.25, 0.3) is 0 Å². The molecule has 0 radical (unpaired) electrons. The smallest absolute Gasteiger partial charge is 0.122 e. The molecule has 0 aliphatic carbocycles. The van der Waals surface area contributed by atoms with E-state index in [1.54, 1.807) is 6.07 Å². The first-order valence-electron chi connectivity index (χ1n) is 5.55. The van der Waals surface area contributed by atoms with Gasteiger partial charge in [-0.05, 0) is 23.4 Å². The van der Waals surface area contributed by atoms with Gasteiger partial charge in [0.15, 0.2) is 0 Å². The molecule has 0 nitrogen and oxygen atoms in total. The summed E-state index contributed by atoms with van der Waals surface area (Å²) in [5.41, 5.74) is 0. The zero-order chi connectivity index (χ0) is 11.5. The minimum absolute atomic E-state index is 0.0726. The highest BCUT2D eigenvalue weighted by molar-refractivity contribution is 6.91. The van der Waals surface area contributed by atoms with Gasteiger partial charge in [0.25, 0.3) is 0 Å². The van der Waals surface area contributed by atoms with Crippen LogP contribution in [0.4, 0.5) is 4.39 Å². The lowest BCUT2D eigenvalue weighted by atomic mass is 10.3. The molecule has 0 aliphatic heterocycles. The third-order valence-electron chi connectivity index (χ3n) is 3.53. The normalized spacial score (nSPS) is 11.8. The molecule has 1 rings (SSSR count). The summed E-state index contributed by atoms with van der Waals surface area (Å²) in [6.07, 6.45) is 0. The summed E-state index contributed by atoms with van der Waals surface area (Å²) < 4.78 is 13.8. The van der Waals surface area contributed by atoms with Gasteiger partial charge in [0.1, 0.15) is 5.82 Å². The summed E-state index contributed by atoms with van der Waals surface area (Å²) in [4.78, 5) is 0. The van der Waals surface area contributed by atoms with E-state index in [0.29, 0.717) is 5.02 Å². The molecule has 0 aromatic heterocycles. The van der Waals surface area contributed by atoms with Crippen LogP contribution in [0.2, 0.25) is 23.2 Å². The molecule has 0 N–H and O–H groups in total. The fourth-order valence-electron chi connectivity index (χ4n) is 2.23. The molecule has 0 unspecified atom stereocenters. The van der Waals surface area contributed by atoms with Crippen LogP contribution in [-0.2, 0) is 0 Å². The van der Waals surface area contributed by atoms with E-state index in [9.17, 15) is 4.39 Å². The fourth-order valence-corrected chi connectivity index (χ4v) is 6.18. The Balaban J connectivity index is 3.27. The Morgan fingerprint density at radius 1 is 1.13 bits per heavy atom. The topological polar surface area (TPSA) is 0 Å². The van der Waals surface area contributed by atoms with Gasteiger partial charge in [-0.25, -0.2) is 4.39 Å². The summed E-state index contributed by atoms with van der Waals surface area (Å²) in [5.74, 6) is -0.0726. The molecule has 0 atom stereocenters. The maximum Gasteiger partial charge on any atom is 0.122 e. The molecule has 84 valence electrons. The van der Waals surface area contributed by atoms with E-state index in [1.165, 1.54) is 6.07 Å². The highest BCUT2D eigenvalue weighted by Crippen LogP contribution is 2.23. The van der Waals surface area contributed by atoms with Crippen LogP contribution in [0.5, 0.6) is 0 Å². The molecular formula is C12H18ClFSi. The van der Waals surface area contributed by atoms with Crippen molar-refractivity contribution in [2.75, 3.05) is 0 Å². The predicted octanol–water partition coefficient (Wildman–Crippen LogP) is 4.19. The number of hydrogen-bond donors (Lipinski definition) is 0. The first-order chi connectivity index (χ1) is 7.09. The van der Waals surface area contributed by atoms with Crippen molar-refractivity contribution in [3.05, 3.63) is 29.0 Å². The Morgan fingerprint density at radius 2 is 1.67 bits per heavy atom. The fraction of sp³-hybridized carbons (Fsp3) is 0.500. The van der Waals surface area contributed by atoms with Gasteiger partial charge in [-0.1, -0.05) is 50.5 Å². The van der Waals surface area contributed by atoms with Crippen LogP contribution in [0.15, 0.2) is 18.2 Å². The zero-order valence-electron chi connectivity index (χ0n) is 9.61. The van der Waals surface area contributed by atoms with Crippen LogP contribution in [0.3, 0.4) is 0 Å². The van der Waals surface area contributed by atoms with Crippen molar-refractivity contribution in [1.82, 2.24) is 0 Å². The van der Waals surface area contributed by atoms with Gasteiger partial charge in [-0.15, -0.1) is 0 Å². The third-order valence-corrected chi connectivity index (χ3v) is 9.35.